The first-order valence-electron chi connectivity index (χ1n) is 10.9. The number of carbonyl (C=O) groups is 3. The Hall–Kier alpha value is -3.49. The van der Waals surface area contributed by atoms with Gasteiger partial charge in [-0.2, -0.15) is 5.10 Å². The summed E-state index contributed by atoms with van der Waals surface area (Å²) in [4.78, 5) is 46.3. The monoisotopic (exact) mass is 434 g/mol. The van der Waals surface area contributed by atoms with Gasteiger partial charge in [0.1, 0.15) is 5.69 Å². The first kappa shape index (κ1) is 20.4. The SMILES string of the molecule is CC(C)n1ncc2c1C(=O)CC1(CCN(C(=O)c3ccc4nc(C(N)=O)[nH]c4c3)CC1)C2. The van der Waals surface area contributed by atoms with Gasteiger partial charge < -0.3 is 15.6 Å². The number of piperidine rings is 1. The Bertz CT molecular complexity index is 1250. The van der Waals surface area contributed by atoms with Crippen molar-refractivity contribution in [1.29, 1.82) is 0 Å². The van der Waals surface area contributed by atoms with E-state index in [0.717, 1.165) is 30.5 Å². The molecule has 1 fully saturated rings. The average molecular weight is 435 g/mol. The third-order valence-corrected chi connectivity index (χ3v) is 6.80. The lowest BCUT2D eigenvalue weighted by Crippen LogP contribution is -2.46. The highest BCUT2D eigenvalue weighted by Crippen LogP contribution is 2.44. The van der Waals surface area contributed by atoms with Crippen LogP contribution in [0.3, 0.4) is 0 Å². The minimum Gasteiger partial charge on any atom is -0.363 e. The van der Waals surface area contributed by atoms with Crippen LogP contribution in [-0.2, 0) is 6.42 Å². The van der Waals surface area contributed by atoms with Crippen molar-refractivity contribution >= 4 is 28.6 Å². The maximum absolute atomic E-state index is 13.1. The predicted octanol–water partition coefficient (Wildman–Crippen LogP) is 2.49. The number of aromatic nitrogens is 4. The zero-order chi connectivity index (χ0) is 22.6. The number of hydrogen-bond acceptors (Lipinski definition) is 5. The van der Waals surface area contributed by atoms with E-state index in [1.165, 1.54) is 0 Å². The Morgan fingerprint density at radius 2 is 1.94 bits per heavy atom. The van der Waals surface area contributed by atoms with Gasteiger partial charge >= 0.3 is 0 Å². The van der Waals surface area contributed by atoms with Gasteiger partial charge in [0.2, 0.25) is 0 Å². The standard InChI is InChI=1S/C23H26N6O3/c1-13(2)29-19-15(12-25-29)10-23(11-18(19)30)5-7-28(8-6-23)22(32)14-3-4-16-17(9-14)27-21(26-16)20(24)31/h3-4,9,12-13H,5-8,10-11H2,1-2H3,(H2,24,31)(H,26,27). The molecule has 1 aromatic carbocycles. The van der Waals surface area contributed by atoms with Crippen molar-refractivity contribution in [2.75, 3.05) is 13.1 Å². The summed E-state index contributed by atoms with van der Waals surface area (Å²) >= 11 is 0. The fraction of sp³-hybridized carbons (Fsp3) is 0.435. The molecule has 32 heavy (non-hydrogen) atoms. The predicted molar refractivity (Wildman–Crippen MR) is 117 cm³/mol. The fourth-order valence-corrected chi connectivity index (χ4v) is 5.10. The molecule has 9 nitrogen and oxygen atoms in total. The highest BCUT2D eigenvalue weighted by Gasteiger charge is 2.43. The van der Waals surface area contributed by atoms with Crippen molar-refractivity contribution in [3.05, 3.63) is 47.0 Å². The Balaban J connectivity index is 1.31. The Labute approximate surface area is 185 Å². The van der Waals surface area contributed by atoms with Gasteiger partial charge in [-0.25, -0.2) is 4.98 Å². The van der Waals surface area contributed by atoms with Crippen molar-refractivity contribution in [3.63, 3.8) is 0 Å². The van der Waals surface area contributed by atoms with E-state index in [-0.39, 0.29) is 29.0 Å². The Kier molecular flexibility index (Phi) is 4.65. The van der Waals surface area contributed by atoms with Crippen LogP contribution < -0.4 is 5.73 Å². The summed E-state index contributed by atoms with van der Waals surface area (Å²) in [5.74, 6) is -0.467. The Morgan fingerprint density at radius 1 is 1.19 bits per heavy atom. The fourth-order valence-electron chi connectivity index (χ4n) is 5.10. The number of benzene rings is 1. The molecule has 0 radical (unpaired) electrons. The molecule has 1 aliphatic carbocycles. The molecule has 2 amide bonds. The van der Waals surface area contributed by atoms with Crippen LogP contribution in [0.4, 0.5) is 0 Å². The Morgan fingerprint density at radius 3 is 2.62 bits per heavy atom. The first-order chi connectivity index (χ1) is 15.3. The summed E-state index contributed by atoms with van der Waals surface area (Å²) in [5, 5.41) is 4.44. The number of fused-ring (bicyclic) bond motifs is 2. The minimum absolute atomic E-state index is 0.0626. The van der Waals surface area contributed by atoms with E-state index in [4.69, 9.17) is 5.73 Å². The molecule has 2 aliphatic rings. The number of likely N-dealkylation sites (tertiary alicyclic amines) is 1. The van der Waals surface area contributed by atoms with Crippen molar-refractivity contribution in [3.8, 4) is 0 Å². The van der Waals surface area contributed by atoms with E-state index >= 15 is 0 Å². The van der Waals surface area contributed by atoms with Crippen molar-refractivity contribution in [2.24, 2.45) is 11.1 Å². The second-order valence-corrected chi connectivity index (χ2v) is 9.31. The molecule has 1 saturated heterocycles. The van der Waals surface area contributed by atoms with Gasteiger partial charge in [0.25, 0.3) is 11.8 Å². The molecule has 166 valence electrons. The lowest BCUT2D eigenvalue weighted by atomic mass is 9.67. The molecule has 5 rings (SSSR count). The number of carbonyl (C=O) groups excluding carboxylic acids is 3. The number of aromatic amines is 1. The summed E-state index contributed by atoms with van der Waals surface area (Å²) in [5.41, 5.74) is 8.69. The normalized spacial score (nSPS) is 17.8. The minimum atomic E-state index is -0.639. The van der Waals surface area contributed by atoms with Crippen LogP contribution in [0.2, 0.25) is 0 Å². The van der Waals surface area contributed by atoms with E-state index in [9.17, 15) is 14.4 Å². The summed E-state index contributed by atoms with van der Waals surface area (Å²) in [6, 6.07) is 5.29. The van der Waals surface area contributed by atoms with Crippen molar-refractivity contribution < 1.29 is 14.4 Å². The molecule has 0 unspecified atom stereocenters. The van der Waals surface area contributed by atoms with Crippen LogP contribution in [-0.4, -0.2) is 55.3 Å². The molecule has 0 saturated carbocycles. The van der Waals surface area contributed by atoms with Gasteiger partial charge in [-0.15, -0.1) is 0 Å². The van der Waals surface area contributed by atoms with Crippen LogP contribution in [0.15, 0.2) is 24.4 Å². The first-order valence-corrected chi connectivity index (χ1v) is 10.9. The molecule has 0 bridgehead atoms. The number of nitrogens with one attached hydrogen (secondary N) is 1. The molecular formula is C23H26N6O3. The molecule has 3 aromatic rings. The van der Waals surface area contributed by atoms with Gasteiger partial charge in [0, 0.05) is 36.7 Å². The van der Waals surface area contributed by atoms with Gasteiger partial charge in [0.05, 0.1) is 17.2 Å². The van der Waals surface area contributed by atoms with Crippen molar-refractivity contribution in [2.45, 2.75) is 45.6 Å². The number of Topliss-reactive ketones (excluding diaryl/α,β-unsaturated/α-hetero) is 1. The van der Waals surface area contributed by atoms with Gasteiger partial charge in [0.15, 0.2) is 11.6 Å². The number of ketones is 1. The van der Waals surface area contributed by atoms with E-state index in [2.05, 4.69) is 15.1 Å². The molecule has 3 N–H and O–H groups in total. The largest absolute Gasteiger partial charge is 0.363 e. The quantitative estimate of drug-likeness (QED) is 0.655. The van der Waals surface area contributed by atoms with E-state index < -0.39 is 5.91 Å². The maximum atomic E-state index is 13.1. The number of hydrogen-bond donors (Lipinski definition) is 2. The van der Waals surface area contributed by atoms with Gasteiger partial charge in [-0.05, 0) is 56.7 Å². The number of primary amides is 1. The summed E-state index contributed by atoms with van der Waals surface area (Å²) in [6.45, 7) is 5.27. The number of imidazole rings is 1. The highest BCUT2D eigenvalue weighted by molar-refractivity contribution is 5.99. The summed E-state index contributed by atoms with van der Waals surface area (Å²) < 4.78 is 1.83. The average Bonchev–Trinajstić information content (AvgIpc) is 3.37. The zero-order valence-corrected chi connectivity index (χ0v) is 18.2. The third kappa shape index (κ3) is 3.28. The highest BCUT2D eigenvalue weighted by atomic mass is 16.2. The van der Waals surface area contributed by atoms with Crippen LogP contribution in [0.25, 0.3) is 11.0 Å². The number of nitrogens with zero attached hydrogens (tertiary/aromatic N) is 4. The van der Waals surface area contributed by atoms with Crippen LogP contribution >= 0.6 is 0 Å². The molecule has 1 aliphatic heterocycles. The molecule has 3 heterocycles. The lowest BCUT2D eigenvalue weighted by Gasteiger charge is -2.43. The summed E-state index contributed by atoms with van der Waals surface area (Å²) in [6.07, 6.45) is 4.75. The maximum Gasteiger partial charge on any atom is 0.284 e. The number of amides is 2. The molecular weight excluding hydrogens is 408 g/mol. The summed E-state index contributed by atoms with van der Waals surface area (Å²) in [7, 11) is 0. The second kappa shape index (κ2) is 7.29. The number of rotatable bonds is 3. The molecule has 1 spiro atoms. The van der Waals surface area contributed by atoms with Crippen LogP contribution in [0.5, 0.6) is 0 Å². The van der Waals surface area contributed by atoms with Crippen LogP contribution in [0.1, 0.15) is 76.2 Å². The van der Waals surface area contributed by atoms with Crippen LogP contribution in [0, 0.1) is 5.41 Å². The smallest absolute Gasteiger partial charge is 0.284 e. The molecule has 9 heteroatoms. The van der Waals surface area contributed by atoms with Gasteiger partial charge in [-0.1, -0.05) is 0 Å². The van der Waals surface area contributed by atoms with Gasteiger partial charge in [-0.3, -0.25) is 19.1 Å². The number of nitrogens with two attached hydrogens (primary N) is 1. The van der Waals surface area contributed by atoms with Crippen molar-refractivity contribution in [1.82, 2.24) is 24.6 Å². The molecule has 0 atom stereocenters. The molecule has 2 aromatic heterocycles. The lowest BCUT2D eigenvalue weighted by molar-refractivity contribution is 0.0517. The van der Waals surface area contributed by atoms with E-state index in [1.54, 1.807) is 18.2 Å². The topological polar surface area (TPSA) is 127 Å². The zero-order valence-electron chi connectivity index (χ0n) is 18.2. The third-order valence-electron chi connectivity index (χ3n) is 6.80. The van der Waals surface area contributed by atoms with E-state index in [1.807, 2.05) is 29.6 Å². The second-order valence-electron chi connectivity index (χ2n) is 9.31. The number of H-pyrrole nitrogens is 1. The van der Waals surface area contributed by atoms with E-state index in [0.29, 0.717) is 36.1 Å².